The molecule has 2 bridgehead atoms. The lowest BCUT2D eigenvalue weighted by Gasteiger charge is -2.39. The van der Waals surface area contributed by atoms with Gasteiger partial charge in [-0.1, -0.05) is 12.1 Å². The number of ether oxygens (including phenoxy) is 2. The molecule has 0 N–H and O–H groups in total. The smallest absolute Gasteiger partial charge is 0.254 e. The van der Waals surface area contributed by atoms with Crippen LogP contribution in [0.4, 0.5) is 4.39 Å². The molecular weight excluding hydrogens is 345 g/mol. The number of carbonyl (C=O) groups excluding carboxylic acids is 1. The van der Waals surface area contributed by atoms with E-state index in [1.54, 1.807) is 0 Å². The van der Waals surface area contributed by atoms with Crippen molar-refractivity contribution in [2.24, 2.45) is 0 Å². The lowest BCUT2D eigenvalue weighted by molar-refractivity contribution is 0.0570. The number of piperidine rings is 1. The molecule has 3 aliphatic rings. The van der Waals surface area contributed by atoms with Crippen LogP contribution in [0.15, 0.2) is 42.5 Å². The minimum Gasteiger partial charge on any atom is -0.486 e. The van der Waals surface area contributed by atoms with Gasteiger partial charge in [0, 0.05) is 17.6 Å². The summed E-state index contributed by atoms with van der Waals surface area (Å²) in [6.07, 6.45) is 3.97. The van der Waals surface area contributed by atoms with Crippen molar-refractivity contribution < 1.29 is 18.7 Å². The summed E-state index contributed by atoms with van der Waals surface area (Å²) in [7, 11) is 0. The molecule has 3 atom stereocenters. The van der Waals surface area contributed by atoms with Crippen molar-refractivity contribution in [3.8, 4) is 11.5 Å². The molecule has 0 aliphatic carbocycles. The van der Waals surface area contributed by atoms with Crippen LogP contribution in [0.25, 0.3) is 0 Å². The van der Waals surface area contributed by atoms with Gasteiger partial charge in [0.25, 0.3) is 5.91 Å². The fourth-order valence-corrected chi connectivity index (χ4v) is 4.84. The zero-order valence-corrected chi connectivity index (χ0v) is 15.1. The predicted molar refractivity (Wildman–Crippen MR) is 98.8 cm³/mol. The number of hydrogen-bond donors (Lipinski definition) is 0. The monoisotopic (exact) mass is 367 g/mol. The van der Waals surface area contributed by atoms with Crippen molar-refractivity contribution in [3.05, 3.63) is 59.4 Å². The van der Waals surface area contributed by atoms with Gasteiger partial charge in [-0.15, -0.1) is 0 Å². The molecule has 1 amide bonds. The highest BCUT2D eigenvalue weighted by Gasteiger charge is 2.43. The van der Waals surface area contributed by atoms with Crippen LogP contribution in [-0.2, 0) is 0 Å². The Kier molecular flexibility index (Phi) is 4.03. The normalized spacial score (nSPS) is 26.1. The van der Waals surface area contributed by atoms with Crippen LogP contribution in [-0.4, -0.2) is 36.1 Å². The number of fused-ring (bicyclic) bond motifs is 3. The molecule has 0 saturated carbocycles. The third-order valence-electron chi connectivity index (χ3n) is 6.10. The topological polar surface area (TPSA) is 38.8 Å². The third-order valence-corrected chi connectivity index (χ3v) is 6.10. The molecule has 2 aromatic rings. The van der Waals surface area contributed by atoms with Crippen LogP contribution in [0.3, 0.4) is 0 Å². The molecule has 0 radical (unpaired) electrons. The fraction of sp³-hybridized carbons (Fsp3) is 0.409. The maximum Gasteiger partial charge on any atom is 0.254 e. The van der Waals surface area contributed by atoms with Gasteiger partial charge in [-0.2, -0.15) is 0 Å². The lowest BCUT2D eigenvalue weighted by Crippen LogP contribution is -2.46. The number of nitrogens with zero attached hydrogens (tertiary/aromatic N) is 1. The van der Waals surface area contributed by atoms with Gasteiger partial charge in [-0.3, -0.25) is 4.79 Å². The fourth-order valence-electron chi connectivity index (χ4n) is 4.84. The lowest BCUT2D eigenvalue weighted by atomic mass is 9.85. The Labute approximate surface area is 157 Å². The highest BCUT2D eigenvalue weighted by Crippen LogP contribution is 2.44. The molecule has 3 aliphatic heterocycles. The summed E-state index contributed by atoms with van der Waals surface area (Å²) in [5.74, 6) is 1.63. The van der Waals surface area contributed by atoms with Crippen molar-refractivity contribution in [3.63, 3.8) is 0 Å². The summed E-state index contributed by atoms with van der Waals surface area (Å²) in [6, 6.07) is 12.8. The van der Waals surface area contributed by atoms with Gasteiger partial charge in [0.1, 0.15) is 19.0 Å². The average Bonchev–Trinajstić information content (AvgIpc) is 2.97. The second-order valence-electron chi connectivity index (χ2n) is 7.68. The van der Waals surface area contributed by atoms with E-state index in [1.165, 1.54) is 17.7 Å². The third kappa shape index (κ3) is 2.95. The molecular formula is C22H22FNO3. The van der Waals surface area contributed by atoms with E-state index in [0.717, 1.165) is 25.7 Å². The molecule has 4 nitrogen and oxygen atoms in total. The summed E-state index contributed by atoms with van der Waals surface area (Å²) in [4.78, 5) is 15.3. The second kappa shape index (κ2) is 6.55. The van der Waals surface area contributed by atoms with Crippen LogP contribution < -0.4 is 9.47 Å². The average molecular weight is 367 g/mol. The van der Waals surface area contributed by atoms with E-state index in [1.807, 2.05) is 30.3 Å². The van der Waals surface area contributed by atoms with Crippen LogP contribution in [0, 0.1) is 5.82 Å². The molecule has 27 heavy (non-hydrogen) atoms. The molecule has 140 valence electrons. The van der Waals surface area contributed by atoms with E-state index >= 15 is 0 Å². The van der Waals surface area contributed by atoms with Crippen molar-refractivity contribution in [1.82, 2.24) is 4.90 Å². The SMILES string of the molecule is O=C(c1ccc2c(c1)OCCO2)N1[C@@H]2CC[C@H]1CC(c1ccc(F)cc1)C2. The number of halogens is 1. The number of rotatable bonds is 2. The van der Waals surface area contributed by atoms with Crippen molar-refractivity contribution in [2.45, 2.75) is 43.7 Å². The van der Waals surface area contributed by atoms with E-state index in [-0.39, 0.29) is 23.8 Å². The van der Waals surface area contributed by atoms with E-state index in [4.69, 9.17) is 9.47 Å². The summed E-state index contributed by atoms with van der Waals surface area (Å²) < 4.78 is 24.4. The first kappa shape index (κ1) is 16.6. The van der Waals surface area contributed by atoms with Crippen LogP contribution in [0.1, 0.15) is 47.5 Å². The first-order valence-electron chi connectivity index (χ1n) is 9.67. The molecule has 2 fully saturated rings. The van der Waals surface area contributed by atoms with Gasteiger partial charge in [-0.25, -0.2) is 4.39 Å². The van der Waals surface area contributed by atoms with Crippen molar-refractivity contribution >= 4 is 5.91 Å². The van der Waals surface area contributed by atoms with Crippen molar-refractivity contribution in [1.29, 1.82) is 0 Å². The van der Waals surface area contributed by atoms with E-state index in [9.17, 15) is 9.18 Å². The Balaban J connectivity index is 1.36. The molecule has 0 aromatic heterocycles. The van der Waals surface area contributed by atoms with Gasteiger partial charge in [-0.05, 0) is 67.5 Å². The van der Waals surface area contributed by atoms with Gasteiger partial charge in [0.15, 0.2) is 11.5 Å². The quantitative estimate of drug-likeness (QED) is 0.800. The van der Waals surface area contributed by atoms with Crippen LogP contribution >= 0.6 is 0 Å². The number of amides is 1. The van der Waals surface area contributed by atoms with Crippen LogP contribution in [0.5, 0.6) is 11.5 Å². The highest BCUT2D eigenvalue weighted by molar-refractivity contribution is 5.95. The van der Waals surface area contributed by atoms with E-state index < -0.39 is 0 Å². The molecule has 2 aromatic carbocycles. The van der Waals surface area contributed by atoms with Gasteiger partial charge >= 0.3 is 0 Å². The Morgan fingerprint density at radius 1 is 0.926 bits per heavy atom. The number of carbonyl (C=O) groups is 1. The Morgan fingerprint density at radius 3 is 2.30 bits per heavy atom. The predicted octanol–water partition coefficient (Wildman–Crippen LogP) is 4.15. The first-order valence-corrected chi connectivity index (χ1v) is 9.67. The minimum absolute atomic E-state index is 0.0806. The Bertz CT molecular complexity index is 852. The summed E-state index contributed by atoms with van der Waals surface area (Å²) in [6.45, 7) is 1.06. The van der Waals surface area contributed by atoms with Crippen molar-refractivity contribution in [2.75, 3.05) is 13.2 Å². The number of hydrogen-bond acceptors (Lipinski definition) is 3. The number of benzene rings is 2. The van der Waals surface area contributed by atoms with Gasteiger partial charge in [0.2, 0.25) is 0 Å². The van der Waals surface area contributed by atoms with Gasteiger partial charge in [0.05, 0.1) is 0 Å². The molecule has 2 saturated heterocycles. The zero-order valence-electron chi connectivity index (χ0n) is 15.1. The molecule has 3 heterocycles. The highest BCUT2D eigenvalue weighted by atomic mass is 19.1. The summed E-state index contributed by atoms with van der Waals surface area (Å²) in [5, 5.41) is 0. The molecule has 1 unspecified atom stereocenters. The molecule has 5 heteroatoms. The maximum absolute atomic E-state index is 13.2. The molecule has 5 rings (SSSR count). The Hall–Kier alpha value is -2.56. The maximum atomic E-state index is 13.2. The zero-order chi connectivity index (χ0) is 18.4. The largest absolute Gasteiger partial charge is 0.486 e. The Morgan fingerprint density at radius 2 is 1.59 bits per heavy atom. The summed E-state index contributed by atoms with van der Waals surface area (Å²) in [5.41, 5.74) is 1.84. The van der Waals surface area contributed by atoms with Gasteiger partial charge < -0.3 is 14.4 Å². The minimum atomic E-state index is -0.201. The summed E-state index contributed by atoms with van der Waals surface area (Å²) >= 11 is 0. The second-order valence-corrected chi connectivity index (χ2v) is 7.68. The van der Waals surface area contributed by atoms with E-state index in [2.05, 4.69) is 4.90 Å². The standard InChI is InChI=1S/C22H22FNO3/c23-17-4-1-14(2-5-17)16-11-18-6-7-19(12-16)24(18)22(25)15-3-8-20-21(13-15)27-10-9-26-20/h1-5,8,13,16,18-19H,6-7,9-12H2/t16?,18-,19+. The van der Waals surface area contributed by atoms with Crippen LogP contribution in [0.2, 0.25) is 0 Å². The first-order chi connectivity index (χ1) is 13.2. The molecule has 0 spiro atoms. The van der Waals surface area contributed by atoms with E-state index in [0.29, 0.717) is 36.2 Å².